The average Bonchev–Trinajstić information content (AvgIpc) is 2.88. The van der Waals surface area contributed by atoms with Crippen LogP contribution in [0.2, 0.25) is 0 Å². The molecule has 1 fully saturated rings. The molecule has 1 aliphatic rings. The number of pyridine rings is 1. The number of urea groups is 1. The predicted octanol–water partition coefficient (Wildman–Crippen LogP) is 1.87. The van der Waals surface area contributed by atoms with Crippen molar-refractivity contribution in [2.24, 2.45) is 5.73 Å². The Kier molecular flexibility index (Phi) is 4.01. The van der Waals surface area contributed by atoms with Crippen LogP contribution < -0.4 is 16.0 Å². The van der Waals surface area contributed by atoms with Crippen LogP contribution in [-0.2, 0) is 12.7 Å². The Bertz CT molecular complexity index is 498. The Morgan fingerprint density at radius 3 is 2.55 bits per heavy atom. The molecule has 1 saturated heterocycles. The highest BCUT2D eigenvalue weighted by Crippen LogP contribution is 2.31. The predicted molar refractivity (Wildman–Crippen MR) is 67.1 cm³/mol. The maximum absolute atomic E-state index is 12.7. The van der Waals surface area contributed by atoms with Crippen molar-refractivity contribution in [3.05, 3.63) is 23.4 Å². The van der Waals surface area contributed by atoms with Gasteiger partial charge in [0.25, 0.3) is 0 Å². The van der Waals surface area contributed by atoms with Gasteiger partial charge in [0, 0.05) is 25.2 Å². The van der Waals surface area contributed by atoms with Crippen LogP contribution >= 0.6 is 0 Å². The van der Waals surface area contributed by atoms with Gasteiger partial charge in [-0.3, -0.25) is 0 Å². The van der Waals surface area contributed by atoms with Crippen LogP contribution in [0.1, 0.15) is 24.1 Å². The van der Waals surface area contributed by atoms with Crippen molar-refractivity contribution in [3.8, 4) is 0 Å². The van der Waals surface area contributed by atoms with Crippen molar-refractivity contribution in [1.82, 2.24) is 10.3 Å². The van der Waals surface area contributed by atoms with Gasteiger partial charge in [-0.2, -0.15) is 13.2 Å². The van der Waals surface area contributed by atoms with E-state index in [1.54, 1.807) is 4.90 Å². The Labute approximate surface area is 114 Å². The lowest BCUT2D eigenvalue weighted by atomic mass is 10.2. The Morgan fingerprint density at radius 1 is 1.35 bits per heavy atom. The minimum absolute atomic E-state index is 0.0618. The second-order valence-corrected chi connectivity index (χ2v) is 4.59. The highest BCUT2D eigenvalue weighted by Gasteiger charge is 2.33. The fourth-order valence-corrected chi connectivity index (χ4v) is 2.16. The average molecular weight is 288 g/mol. The van der Waals surface area contributed by atoms with Crippen molar-refractivity contribution >= 4 is 11.8 Å². The molecule has 2 amide bonds. The number of carbonyl (C=O) groups excluding carboxylic acids is 1. The van der Waals surface area contributed by atoms with Crippen molar-refractivity contribution in [1.29, 1.82) is 0 Å². The summed E-state index contributed by atoms with van der Waals surface area (Å²) < 4.78 is 38.2. The molecule has 0 radical (unpaired) electrons. The molecule has 20 heavy (non-hydrogen) atoms. The van der Waals surface area contributed by atoms with E-state index in [4.69, 9.17) is 5.73 Å². The van der Waals surface area contributed by atoms with Crippen molar-refractivity contribution in [2.75, 3.05) is 18.0 Å². The molecule has 0 saturated carbocycles. The standard InChI is InChI=1S/C12H15F3N4O/c13-12(14,15)9-4-3-8(7-17-11(16)20)10(18-9)19-5-1-2-6-19/h3-4H,1-2,5-7H2,(H3,16,17,20). The third kappa shape index (κ3) is 3.31. The van der Waals surface area contributed by atoms with Gasteiger partial charge in [0.2, 0.25) is 0 Å². The number of amides is 2. The Hall–Kier alpha value is -1.99. The van der Waals surface area contributed by atoms with Crippen LogP contribution in [0.3, 0.4) is 0 Å². The van der Waals surface area contributed by atoms with Gasteiger partial charge in [-0.25, -0.2) is 9.78 Å². The molecule has 8 heteroatoms. The van der Waals surface area contributed by atoms with Crippen LogP contribution in [0, 0.1) is 0 Å². The fraction of sp³-hybridized carbons (Fsp3) is 0.500. The number of primary amides is 1. The first-order valence-electron chi connectivity index (χ1n) is 6.23. The lowest BCUT2D eigenvalue weighted by molar-refractivity contribution is -0.141. The topological polar surface area (TPSA) is 71.2 Å². The monoisotopic (exact) mass is 288 g/mol. The van der Waals surface area contributed by atoms with E-state index in [9.17, 15) is 18.0 Å². The minimum atomic E-state index is -4.48. The van der Waals surface area contributed by atoms with Crippen molar-refractivity contribution < 1.29 is 18.0 Å². The highest BCUT2D eigenvalue weighted by molar-refractivity contribution is 5.71. The first-order valence-corrected chi connectivity index (χ1v) is 6.23. The smallest absolute Gasteiger partial charge is 0.356 e. The van der Waals surface area contributed by atoms with E-state index in [1.807, 2.05) is 0 Å². The van der Waals surface area contributed by atoms with E-state index in [-0.39, 0.29) is 12.4 Å². The van der Waals surface area contributed by atoms with Crippen molar-refractivity contribution in [2.45, 2.75) is 25.6 Å². The largest absolute Gasteiger partial charge is 0.433 e. The van der Waals surface area contributed by atoms with Gasteiger partial charge in [-0.05, 0) is 18.9 Å². The molecule has 2 rings (SSSR count). The zero-order valence-corrected chi connectivity index (χ0v) is 10.7. The lowest BCUT2D eigenvalue weighted by Gasteiger charge is -2.21. The summed E-state index contributed by atoms with van der Waals surface area (Å²) in [6, 6.07) is 1.52. The first kappa shape index (κ1) is 14.4. The number of anilines is 1. The number of hydrogen-bond donors (Lipinski definition) is 2. The van der Waals surface area contributed by atoms with E-state index >= 15 is 0 Å². The van der Waals surface area contributed by atoms with Crippen LogP contribution in [0.4, 0.5) is 23.8 Å². The molecule has 1 aromatic heterocycles. The molecule has 110 valence electrons. The van der Waals surface area contributed by atoms with Gasteiger partial charge in [0.1, 0.15) is 11.5 Å². The molecule has 0 spiro atoms. The molecule has 2 heterocycles. The summed E-state index contributed by atoms with van der Waals surface area (Å²) in [5.74, 6) is 0.270. The van der Waals surface area contributed by atoms with Crippen LogP contribution in [0.15, 0.2) is 12.1 Å². The summed E-state index contributed by atoms with van der Waals surface area (Å²) >= 11 is 0. The molecule has 0 unspecified atom stereocenters. The van der Waals surface area contributed by atoms with E-state index in [0.29, 0.717) is 18.7 Å². The molecule has 1 aliphatic heterocycles. The maximum atomic E-state index is 12.7. The third-order valence-electron chi connectivity index (χ3n) is 3.11. The summed E-state index contributed by atoms with van der Waals surface area (Å²) in [6.07, 6.45) is -2.65. The fourth-order valence-electron chi connectivity index (χ4n) is 2.16. The number of alkyl halides is 3. The normalized spacial score (nSPS) is 15.4. The number of nitrogens with two attached hydrogens (primary N) is 1. The van der Waals surface area contributed by atoms with Gasteiger partial charge >= 0.3 is 12.2 Å². The molecule has 0 aliphatic carbocycles. The van der Waals surface area contributed by atoms with Crippen molar-refractivity contribution in [3.63, 3.8) is 0 Å². The molecular formula is C12H15F3N4O. The molecule has 0 atom stereocenters. The molecule has 1 aromatic rings. The lowest BCUT2D eigenvalue weighted by Crippen LogP contribution is -2.30. The number of nitrogens with zero attached hydrogens (tertiary/aromatic N) is 2. The van der Waals surface area contributed by atoms with E-state index in [2.05, 4.69) is 10.3 Å². The van der Waals surface area contributed by atoms with E-state index < -0.39 is 17.9 Å². The van der Waals surface area contributed by atoms with Gasteiger partial charge in [-0.1, -0.05) is 6.07 Å². The number of rotatable bonds is 3. The highest BCUT2D eigenvalue weighted by atomic mass is 19.4. The van der Waals surface area contributed by atoms with Gasteiger partial charge in [0.05, 0.1) is 0 Å². The quantitative estimate of drug-likeness (QED) is 0.892. The zero-order valence-electron chi connectivity index (χ0n) is 10.7. The van der Waals surface area contributed by atoms with E-state index in [1.165, 1.54) is 6.07 Å². The molecule has 0 bridgehead atoms. The Morgan fingerprint density at radius 2 is 2.00 bits per heavy atom. The second-order valence-electron chi connectivity index (χ2n) is 4.59. The van der Waals surface area contributed by atoms with Gasteiger partial charge in [0.15, 0.2) is 0 Å². The number of carbonyl (C=O) groups is 1. The molecule has 0 aromatic carbocycles. The van der Waals surface area contributed by atoms with Crippen LogP contribution in [-0.4, -0.2) is 24.1 Å². The third-order valence-corrected chi connectivity index (χ3v) is 3.11. The number of hydrogen-bond acceptors (Lipinski definition) is 3. The first-order chi connectivity index (χ1) is 9.38. The van der Waals surface area contributed by atoms with E-state index in [0.717, 1.165) is 18.9 Å². The number of nitrogens with one attached hydrogen (secondary N) is 1. The molecule has 3 N–H and O–H groups in total. The summed E-state index contributed by atoms with van der Waals surface area (Å²) in [5.41, 5.74) is 4.58. The summed E-state index contributed by atoms with van der Waals surface area (Å²) in [5, 5.41) is 2.37. The SMILES string of the molecule is NC(=O)NCc1ccc(C(F)(F)F)nc1N1CCCC1. The summed E-state index contributed by atoms with van der Waals surface area (Å²) in [4.78, 5) is 16.2. The summed E-state index contributed by atoms with van der Waals surface area (Å²) in [6.45, 7) is 1.39. The second kappa shape index (κ2) is 5.56. The molecular weight excluding hydrogens is 273 g/mol. The zero-order chi connectivity index (χ0) is 14.8. The van der Waals surface area contributed by atoms with Gasteiger partial charge in [-0.15, -0.1) is 0 Å². The van der Waals surface area contributed by atoms with Crippen LogP contribution in [0.5, 0.6) is 0 Å². The molecule has 5 nitrogen and oxygen atoms in total. The number of halogens is 3. The minimum Gasteiger partial charge on any atom is -0.356 e. The summed E-state index contributed by atoms with van der Waals surface area (Å²) in [7, 11) is 0. The maximum Gasteiger partial charge on any atom is 0.433 e. The van der Waals surface area contributed by atoms with Crippen LogP contribution in [0.25, 0.3) is 0 Å². The number of aromatic nitrogens is 1. The Balaban J connectivity index is 2.32. The van der Waals surface area contributed by atoms with Gasteiger partial charge < -0.3 is 16.0 Å².